The minimum Gasteiger partial charge on any atom is -0.356 e. The van der Waals surface area contributed by atoms with Crippen LogP contribution >= 0.6 is 38.6 Å². The van der Waals surface area contributed by atoms with Crippen LogP contribution in [0.2, 0.25) is 0 Å². The van der Waals surface area contributed by atoms with Crippen LogP contribution in [0.3, 0.4) is 0 Å². The molecule has 0 saturated heterocycles. The summed E-state index contributed by atoms with van der Waals surface area (Å²) in [7, 11) is 0. The van der Waals surface area contributed by atoms with Crippen LogP contribution in [0.1, 0.15) is 10.7 Å². The van der Waals surface area contributed by atoms with Crippen molar-refractivity contribution in [1.82, 2.24) is 9.97 Å². The highest BCUT2D eigenvalue weighted by molar-refractivity contribution is 9.10. The molecule has 2 aromatic heterocycles. The summed E-state index contributed by atoms with van der Waals surface area (Å²) < 4.78 is 0.874. The maximum atomic E-state index is 4.35. The molecule has 0 aliphatic rings. The number of anilines is 1. The summed E-state index contributed by atoms with van der Waals surface area (Å²) in [6.45, 7) is 2.75. The van der Waals surface area contributed by atoms with Gasteiger partial charge in [0.25, 0.3) is 0 Å². The predicted octanol–water partition coefficient (Wildman–Crippen LogP) is 3.28. The highest BCUT2D eigenvalue weighted by Crippen LogP contribution is 2.20. The number of halogens is 1. The number of rotatable bonds is 3. The largest absolute Gasteiger partial charge is 0.356 e. The third-order valence-electron chi connectivity index (χ3n) is 1.56. The van der Waals surface area contributed by atoms with Crippen LogP contribution < -0.4 is 5.32 Å². The average Bonchev–Trinajstić information content (AvgIpc) is 2.72. The number of hydrogen-bond donors (Lipinski definition) is 1. The molecule has 0 aromatic carbocycles. The van der Waals surface area contributed by atoms with Gasteiger partial charge in [-0.3, -0.25) is 0 Å². The maximum Gasteiger partial charge on any atom is 0.184 e. The first kappa shape index (κ1) is 10.1. The third kappa shape index (κ3) is 2.52. The van der Waals surface area contributed by atoms with Crippen molar-refractivity contribution in [1.29, 1.82) is 0 Å². The van der Waals surface area contributed by atoms with E-state index in [-0.39, 0.29) is 0 Å². The van der Waals surface area contributed by atoms with E-state index >= 15 is 0 Å². The summed E-state index contributed by atoms with van der Waals surface area (Å²) in [5.74, 6) is 0. The second kappa shape index (κ2) is 4.37. The average molecular weight is 290 g/mol. The number of aryl methyl sites for hydroxylation is 1. The first-order chi connectivity index (χ1) is 6.74. The van der Waals surface area contributed by atoms with E-state index in [1.54, 1.807) is 22.7 Å². The van der Waals surface area contributed by atoms with E-state index in [1.165, 1.54) is 0 Å². The van der Waals surface area contributed by atoms with E-state index in [0.29, 0.717) is 0 Å². The van der Waals surface area contributed by atoms with Crippen LogP contribution in [0.5, 0.6) is 0 Å². The first-order valence-electron chi connectivity index (χ1n) is 4.00. The van der Waals surface area contributed by atoms with Crippen LogP contribution in [0.25, 0.3) is 0 Å². The van der Waals surface area contributed by atoms with Gasteiger partial charge in [-0.25, -0.2) is 9.97 Å². The van der Waals surface area contributed by atoms with E-state index in [2.05, 4.69) is 36.6 Å². The Morgan fingerprint density at radius 3 is 2.79 bits per heavy atom. The lowest BCUT2D eigenvalue weighted by Gasteiger charge is -1.97. The van der Waals surface area contributed by atoms with Crippen molar-refractivity contribution in [3.63, 3.8) is 0 Å². The monoisotopic (exact) mass is 289 g/mol. The van der Waals surface area contributed by atoms with Gasteiger partial charge in [-0.15, -0.1) is 22.7 Å². The summed E-state index contributed by atoms with van der Waals surface area (Å²) in [4.78, 5) is 8.59. The smallest absolute Gasteiger partial charge is 0.184 e. The third-order valence-corrected chi connectivity index (χ3v) is 3.90. The quantitative estimate of drug-likeness (QED) is 0.942. The molecule has 0 radical (unpaired) electrons. The van der Waals surface area contributed by atoms with Gasteiger partial charge in [-0.1, -0.05) is 0 Å². The van der Waals surface area contributed by atoms with Gasteiger partial charge in [0.15, 0.2) is 5.13 Å². The van der Waals surface area contributed by atoms with Crippen molar-refractivity contribution in [2.75, 3.05) is 5.32 Å². The summed E-state index contributed by atoms with van der Waals surface area (Å²) >= 11 is 6.56. The lowest BCUT2D eigenvalue weighted by molar-refractivity contribution is 1.05. The minimum atomic E-state index is 0.740. The van der Waals surface area contributed by atoms with Gasteiger partial charge < -0.3 is 5.32 Å². The fraction of sp³-hybridized carbons (Fsp3) is 0.250. The lowest BCUT2D eigenvalue weighted by Crippen LogP contribution is -1.98. The number of thiazole rings is 2. The van der Waals surface area contributed by atoms with Crippen molar-refractivity contribution >= 4 is 43.7 Å². The number of hydrogen-bond acceptors (Lipinski definition) is 5. The maximum absolute atomic E-state index is 4.35. The first-order valence-corrected chi connectivity index (χ1v) is 6.55. The topological polar surface area (TPSA) is 37.8 Å². The van der Waals surface area contributed by atoms with E-state index in [9.17, 15) is 0 Å². The second-order valence-corrected chi connectivity index (χ2v) is 5.42. The Kier molecular flexibility index (Phi) is 3.15. The van der Waals surface area contributed by atoms with Crippen LogP contribution in [0.4, 0.5) is 5.13 Å². The van der Waals surface area contributed by atoms with E-state index in [4.69, 9.17) is 0 Å². The summed E-state index contributed by atoms with van der Waals surface area (Å²) in [6.07, 6.45) is 0. The Balaban J connectivity index is 1.94. The zero-order valence-electron chi connectivity index (χ0n) is 7.45. The molecule has 6 heteroatoms. The van der Waals surface area contributed by atoms with Gasteiger partial charge in [0.2, 0.25) is 0 Å². The van der Waals surface area contributed by atoms with Crippen molar-refractivity contribution in [3.8, 4) is 0 Å². The molecule has 0 saturated carbocycles. The van der Waals surface area contributed by atoms with E-state index < -0.39 is 0 Å². The van der Waals surface area contributed by atoms with Gasteiger partial charge in [0.05, 0.1) is 17.2 Å². The molecule has 0 amide bonds. The highest BCUT2D eigenvalue weighted by Gasteiger charge is 2.00. The molecular formula is C8H8BrN3S2. The number of nitrogens with zero attached hydrogens (tertiary/aromatic N) is 2. The molecule has 74 valence electrons. The number of nitrogens with one attached hydrogen (secondary N) is 1. The second-order valence-electron chi connectivity index (χ2n) is 2.69. The molecule has 3 nitrogen and oxygen atoms in total. The summed E-state index contributed by atoms with van der Waals surface area (Å²) in [5, 5.41) is 9.25. The van der Waals surface area contributed by atoms with Crippen molar-refractivity contribution in [2.45, 2.75) is 13.5 Å². The van der Waals surface area contributed by atoms with Gasteiger partial charge in [0.1, 0.15) is 4.60 Å². The van der Waals surface area contributed by atoms with Crippen molar-refractivity contribution in [2.24, 2.45) is 0 Å². The van der Waals surface area contributed by atoms with Crippen molar-refractivity contribution in [3.05, 3.63) is 26.1 Å². The molecule has 2 heterocycles. The van der Waals surface area contributed by atoms with Crippen LogP contribution in [0.15, 0.2) is 15.4 Å². The molecule has 0 spiro atoms. The van der Waals surface area contributed by atoms with Gasteiger partial charge in [-0.2, -0.15) is 0 Å². The SMILES string of the molecule is Cc1nc(CNc2nc(Br)cs2)cs1. The Labute approximate surface area is 98.4 Å². The van der Waals surface area contributed by atoms with Gasteiger partial charge >= 0.3 is 0 Å². The lowest BCUT2D eigenvalue weighted by atomic mass is 10.5. The Hall–Kier alpha value is -0.460. The van der Waals surface area contributed by atoms with E-state index in [0.717, 1.165) is 27.0 Å². The van der Waals surface area contributed by atoms with Gasteiger partial charge in [-0.05, 0) is 22.9 Å². The predicted molar refractivity (Wildman–Crippen MR) is 64.0 cm³/mol. The Bertz CT molecular complexity index is 383. The Morgan fingerprint density at radius 1 is 1.36 bits per heavy atom. The molecule has 2 rings (SSSR count). The van der Waals surface area contributed by atoms with E-state index in [1.807, 2.05) is 12.3 Å². The molecule has 0 aliphatic carbocycles. The number of aromatic nitrogens is 2. The fourth-order valence-corrected chi connectivity index (χ4v) is 2.75. The van der Waals surface area contributed by atoms with Crippen LogP contribution in [0, 0.1) is 6.92 Å². The van der Waals surface area contributed by atoms with Gasteiger partial charge in [0, 0.05) is 10.8 Å². The molecule has 14 heavy (non-hydrogen) atoms. The zero-order valence-corrected chi connectivity index (χ0v) is 10.7. The minimum absolute atomic E-state index is 0.740. The summed E-state index contributed by atoms with van der Waals surface area (Å²) in [6, 6.07) is 0. The molecule has 0 unspecified atom stereocenters. The standard InChI is InChI=1S/C8H8BrN3S2/c1-5-11-6(3-13-5)2-10-8-12-7(9)4-14-8/h3-4H,2H2,1H3,(H,10,12). The zero-order chi connectivity index (χ0) is 9.97. The molecular weight excluding hydrogens is 282 g/mol. The molecule has 0 aliphatic heterocycles. The highest BCUT2D eigenvalue weighted by atomic mass is 79.9. The summed E-state index contributed by atoms with van der Waals surface area (Å²) in [5.41, 5.74) is 1.07. The molecule has 0 atom stereocenters. The van der Waals surface area contributed by atoms with Crippen molar-refractivity contribution < 1.29 is 0 Å². The molecule has 0 fully saturated rings. The molecule has 2 aromatic rings. The van der Waals surface area contributed by atoms with Crippen LogP contribution in [-0.4, -0.2) is 9.97 Å². The van der Waals surface area contributed by atoms with Crippen LogP contribution in [-0.2, 0) is 6.54 Å². The normalized spacial score (nSPS) is 10.4. The molecule has 0 bridgehead atoms. The Morgan fingerprint density at radius 2 is 2.21 bits per heavy atom. The fourth-order valence-electron chi connectivity index (χ4n) is 0.991. The molecule has 1 N–H and O–H groups in total.